The van der Waals surface area contributed by atoms with E-state index in [1.54, 1.807) is 55.0 Å². The van der Waals surface area contributed by atoms with E-state index in [9.17, 15) is 17.6 Å². The van der Waals surface area contributed by atoms with Gasteiger partial charge in [-0.2, -0.15) is 17.6 Å². The second-order valence-corrected chi connectivity index (χ2v) is 7.68. The van der Waals surface area contributed by atoms with Crippen molar-refractivity contribution >= 4 is 5.69 Å². The van der Waals surface area contributed by atoms with Crippen molar-refractivity contribution in [3.63, 3.8) is 0 Å². The molecule has 0 radical (unpaired) electrons. The molecule has 0 spiro atoms. The van der Waals surface area contributed by atoms with Crippen LogP contribution in [0.15, 0.2) is 85.3 Å². The van der Waals surface area contributed by atoms with Gasteiger partial charge in [0.05, 0.1) is 0 Å². The molecule has 10 heteroatoms. The quantitative estimate of drug-likeness (QED) is 0.200. The molecule has 4 rings (SSSR count). The summed E-state index contributed by atoms with van der Waals surface area (Å²) < 4.78 is 66.1. The van der Waals surface area contributed by atoms with Crippen LogP contribution in [0.4, 0.5) is 23.2 Å². The number of ether oxygens (including phenoxy) is 3. The predicted octanol–water partition coefficient (Wildman–Crippen LogP) is 6.43. The first-order valence-electron chi connectivity index (χ1n) is 10.8. The van der Waals surface area contributed by atoms with Gasteiger partial charge in [-0.05, 0) is 71.6 Å². The Hall–Kier alpha value is -4.34. The molecule has 2 aromatic carbocycles. The maximum absolute atomic E-state index is 13.0. The van der Waals surface area contributed by atoms with E-state index in [1.165, 1.54) is 18.2 Å². The second kappa shape index (κ2) is 11.4. The molecule has 4 aromatic rings. The number of nitrogens with two attached hydrogens (primary N) is 1. The minimum absolute atomic E-state index is 0.341. The summed E-state index contributed by atoms with van der Waals surface area (Å²) in [5.41, 5.74) is 8.49. The van der Waals surface area contributed by atoms with E-state index in [1.807, 2.05) is 12.1 Å². The Bertz CT molecular complexity index is 1260. The van der Waals surface area contributed by atoms with Crippen LogP contribution in [0.3, 0.4) is 0 Å². The Morgan fingerprint density at radius 1 is 0.750 bits per heavy atom. The summed E-state index contributed by atoms with van der Waals surface area (Å²) in [7, 11) is 0. The average Bonchev–Trinajstić information content (AvgIpc) is 2.86. The van der Waals surface area contributed by atoms with Crippen LogP contribution in [-0.4, -0.2) is 23.2 Å². The Labute approximate surface area is 204 Å². The van der Waals surface area contributed by atoms with E-state index < -0.39 is 24.7 Å². The molecule has 6 nitrogen and oxygen atoms in total. The Kier molecular flexibility index (Phi) is 7.84. The molecule has 0 aliphatic heterocycles. The van der Waals surface area contributed by atoms with E-state index in [4.69, 9.17) is 10.5 Å². The Morgan fingerprint density at radius 2 is 1.42 bits per heavy atom. The molecular formula is C26H21F4N3O3. The summed E-state index contributed by atoms with van der Waals surface area (Å²) in [4.78, 5) is 8.38. The summed E-state index contributed by atoms with van der Waals surface area (Å²) in [5.74, 6) is -0.457. The number of halogens is 4. The summed E-state index contributed by atoms with van der Waals surface area (Å²) >= 11 is 0. The minimum atomic E-state index is -3.22. The van der Waals surface area contributed by atoms with Crippen molar-refractivity contribution in [1.82, 2.24) is 9.97 Å². The fraction of sp³-hybridized carbons (Fsp3) is 0.154. The van der Waals surface area contributed by atoms with Crippen LogP contribution in [0.1, 0.15) is 22.6 Å². The van der Waals surface area contributed by atoms with Gasteiger partial charge >= 0.3 is 13.2 Å². The smallest absolute Gasteiger partial charge is 0.387 e. The number of alkyl halides is 4. The highest BCUT2D eigenvalue weighted by Crippen LogP contribution is 2.37. The number of benzene rings is 2. The molecule has 0 aliphatic carbocycles. The lowest BCUT2D eigenvalue weighted by Gasteiger charge is -2.20. The van der Waals surface area contributed by atoms with Crippen LogP contribution in [0.25, 0.3) is 0 Å². The summed E-state index contributed by atoms with van der Waals surface area (Å²) in [6.07, 6.45) is 5.33. The highest BCUT2D eigenvalue weighted by Gasteiger charge is 2.21. The Morgan fingerprint density at radius 3 is 2.06 bits per heavy atom. The van der Waals surface area contributed by atoms with Crippen LogP contribution in [0.5, 0.6) is 23.1 Å². The molecule has 0 fully saturated rings. The van der Waals surface area contributed by atoms with Gasteiger partial charge in [0.25, 0.3) is 0 Å². The maximum Gasteiger partial charge on any atom is 0.387 e. The van der Waals surface area contributed by atoms with Gasteiger partial charge in [0.15, 0.2) is 11.5 Å². The number of anilines is 1. The molecule has 0 saturated carbocycles. The normalized spacial score (nSPS) is 11.9. The number of hydrogen-bond donors (Lipinski definition) is 1. The lowest BCUT2D eigenvalue weighted by atomic mass is 9.87. The fourth-order valence-electron chi connectivity index (χ4n) is 3.62. The molecule has 1 atom stereocenters. The van der Waals surface area contributed by atoms with Crippen LogP contribution in [-0.2, 0) is 6.42 Å². The minimum Gasteiger partial charge on any atom is -0.439 e. The average molecular weight is 499 g/mol. The van der Waals surface area contributed by atoms with Crippen LogP contribution in [0, 0.1) is 0 Å². The molecule has 2 N–H and O–H groups in total. The van der Waals surface area contributed by atoms with Crippen molar-refractivity contribution in [3.8, 4) is 23.1 Å². The van der Waals surface area contributed by atoms with Gasteiger partial charge in [0.2, 0.25) is 5.88 Å². The first-order chi connectivity index (χ1) is 17.4. The molecule has 1 unspecified atom stereocenters. The van der Waals surface area contributed by atoms with Crippen molar-refractivity contribution < 1.29 is 31.8 Å². The summed E-state index contributed by atoms with van der Waals surface area (Å²) in [5, 5.41) is 0. The number of rotatable bonds is 10. The highest BCUT2D eigenvalue weighted by atomic mass is 19.3. The van der Waals surface area contributed by atoms with Crippen LogP contribution >= 0.6 is 0 Å². The number of nitrogens with zero attached hydrogens (tertiary/aromatic N) is 2. The number of hydrogen-bond acceptors (Lipinski definition) is 6. The molecular weight excluding hydrogens is 478 g/mol. The molecule has 2 aromatic heterocycles. The first-order valence-corrected chi connectivity index (χ1v) is 10.8. The summed E-state index contributed by atoms with van der Waals surface area (Å²) in [6.45, 7) is -6.41. The van der Waals surface area contributed by atoms with Gasteiger partial charge in [0, 0.05) is 36.3 Å². The molecule has 0 bridgehead atoms. The molecule has 36 heavy (non-hydrogen) atoms. The third-order valence-corrected chi connectivity index (χ3v) is 5.26. The molecule has 186 valence electrons. The Balaban J connectivity index is 1.66. The fourth-order valence-corrected chi connectivity index (χ4v) is 3.62. The SMILES string of the molecule is Nc1ccc(Oc2ccc(C(Cc3ccncc3)c3ccc(OC(F)F)c(OC(F)F)c3)cn2)cc1. The maximum atomic E-state index is 13.0. The van der Waals surface area contributed by atoms with E-state index in [-0.39, 0.29) is 5.92 Å². The number of pyridine rings is 2. The van der Waals surface area contributed by atoms with E-state index in [0.717, 1.165) is 11.1 Å². The first kappa shape index (κ1) is 24.8. The van der Waals surface area contributed by atoms with Gasteiger partial charge in [-0.15, -0.1) is 0 Å². The molecule has 0 saturated heterocycles. The lowest BCUT2D eigenvalue weighted by molar-refractivity contribution is -0.0692. The molecule has 0 aliphatic rings. The third kappa shape index (κ3) is 6.62. The third-order valence-electron chi connectivity index (χ3n) is 5.26. The largest absolute Gasteiger partial charge is 0.439 e. The molecule has 2 heterocycles. The monoisotopic (exact) mass is 499 g/mol. The zero-order chi connectivity index (χ0) is 25.5. The van der Waals surface area contributed by atoms with E-state index in [0.29, 0.717) is 29.3 Å². The van der Waals surface area contributed by atoms with Gasteiger partial charge in [0.1, 0.15) is 5.75 Å². The van der Waals surface area contributed by atoms with Gasteiger partial charge in [-0.3, -0.25) is 4.98 Å². The van der Waals surface area contributed by atoms with Crippen molar-refractivity contribution in [2.45, 2.75) is 25.6 Å². The zero-order valence-electron chi connectivity index (χ0n) is 18.7. The van der Waals surface area contributed by atoms with Crippen molar-refractivity contribution in [3.05, 3.63) is 102 Å². The van der Waals surface area contributed by atoms with Gasteiger partial charge in [-0.1, -0.05) is 12.1 Å². The van der Waals surface area contributed by atoms with Crippen molar-refractivity contribution in [2.75, 3.05) is 5.73 Å². The predicted molar refractivity (Wildman–Crippen MR) is 125 cm³/mol. The topological polar surface area (TPSA) is 79.5 Å². The van der Waals surface area contributed by atoms with Crippen molar-refractivity contribution in [2.24, 2.45) is 0 Å². The van der Waals surface area contributed by atoms with Crippen LogP contribution in [0.2, 0.25) is 0 Å². The van der Waals surface area contributed by atoms with Gasteiger partial charge < -0.3 is 19.9 Å². The number of nitrogen functional groups attached to an aromatic ring is 1. The molecule has 0 amide bonds. The highest BCUT2D eigenvalue weighted by molar-refractivity contribution is 5.47. The zero-order valence-corrected chi connectivity index (χ0v) is 18.7. The lowest BCUT2D eigenvalue weighted by Crippen LogP contribution is -2.10. The van der Waals surface area contributed by atoms with Crippen LogP contribution < -0.4 is 19.9 Å². The second-order valence-electron chi connectivity index (χ2n) is 7.68. The summed E-state index contributed by atoms with van der Waals surface area (Å²) in [6, 6.07) is 17.9. The standard InChI is InChI=1S/C26H21F4N3O3/c27-25(28)35-22-7-1-17(14-23(22)36-26(29)30)21(13-16-9-11-32-12-10-16)18-2-8-24(33-15-18)34-20-5-3-19(31)4-6-20/h1-12,14-15,21,25-26H,13,31H2. The van der Waals surface area contributed by atoms with E-state index >= 15 is 0 Å². The van der Waals surface area contributed by atoms with E-state index in [2.05, 4.69) is 19.4 Å². The van der Waals surface area contributed by atoms with Gasteiger partial charge in [-0.25, -0.2) is 4.98 Å². The number of aromatic nitrogens is 2. The van der Waals surface area contributed by atoms with Crippen molar-refractivity contribution in [1.29, 1.82) is 0 Å².